The van der Waals surface area contributed by atoms with Gasteiger partial charge in [0, 0.05) is 32.8 Å². The summed E-state index contributed by atoms with van der Waals surface area (Å²) in [5, 5.41) is 3.87. The highest BCUT2D eigenvalue weighted by atomic mass is 16.5. The van der Waals surface area contributed by atoms with Crippen molar-refractivity contribution in [3.8, 4) is 0 Å². The van der Waals surface area contributed by atoms with Crippen LogP contribution in [0, 0.1) is 16.7 Å². The zero-order valence-electron chi connectivity index (χ0n) is 13.5. The van der Waals surface area contributed by atoms with E-state index in [1.807, 2.05) is 0 Å². The zero-order valence-corrected chi connectivity index (χ0v) is 13.5. The van der Waals surface area contributed by atoms with E-state index in [4.69, 9.17) is 4.74 Å². The molecule has 0 aromatic carbocycles. The number of likely N-dealkylation sites (N-methyl/N-ethyl adjacent to an activating group) is 1. The molecular formula is C16H32N2O. The summed E-state index contributed by atoms with van der Waals surface area (Å²) < 4.78 is 5.12. The molecule has 2 saturated carbocycles. The Hall–Kier alpha value is -0.120. The average Bonchev–Trinajstić information content (AvgIpc) is 2.82. The van der Waals surface area contributed by atoms with Crippen molar-refractivity contribution < 1.29 is 4.74 Å². The molecule has 0 radical (unpaired) electrons. The summed E-state index contributed by atoms with van der Waals surface area (Å²) in [4.78, 5) is 2.35. The van der Waals surface area contributed by atoms with Gasteiger partial charge in [-0.15, -0.1) is 0 Å². The van der Waals surface area contributed by atoms with Crippen LogP contribution in [0.3, 0.4) is 0 Å². The zero-order chi connectivity index (χ0) is 14.1. The van der Waals surface area contributed by atoms with Crippen LogP contribution in [0.5, 0.6) is 0 Å². The van der Waals surface area contributed by atoms with Crippen molar-refractivity contribution in [3.63, 3.8) is 0 Å². The third-order valence-corrected chi connectivity index (χ3v) is 5.79. The molecule has 3 nitrogen and oxygen atoms in total. The Labute approximate surface area is 119 Å². The van der Waals surface area contributed by atoms with E-state index in [0.717, 1.165) is 32.2 Å². The lowest BCUT2D eigenvalue weighted by Crippen LogP contribution is -2.51. The lowest BCUT2D eigenvalue weighted by Gasteiger charge is -2.43. The van der Waals surface area contributed by atoms with Gasteiger partial charge in [0.15, 0.2) is 0 Å². The summed E-state index contributed by atoms with van der Waals surface area (Å²) in [6.45, 7) is 11.5. The minimum atomic E-state index is 0.470. The van der Waals surface area contributed by atoms with Gasteiger partial charge in [0.1, 0.15) is 0 Å². The van der Waals surface area contributed by atoms with Crippen molar-refractivity contribution in [1.82, 2.24) is 10.2 Å². The van der Waals surface area contributed by atoms with Crippen molar-refractivity contribution in [3.05, 3.63) is 0 Å². The molecule has 1 N–H and O–H groups in total. The number of fused-ring (bicyclic) bond motifs is 2. The van der Waals surface area contributed by atoms with Gasteiger partial charge in [0.05, 0.1) is 6.61 Å². The predicted octanol–water partition coefficient (Wildman–Crippen LogP) is 2.37. The molecule has 112 valence electrons. The Balaban J connectivity index is 1.79. The minimum absolute atomic E-state index is 0.470. The minimum Gasteiger partial charge on any atom is -0.383 e. The van der Waals surface area contributed by atoms with Crippen LogP contribution in [0.25, 0.3) is 0 Å². The molecule has 2 rings (SSSR count). The quantitative estimate of drug-likeness (QED) is 0.767. The normalized spacial score (nSPS) is 36.3. The SMILES string of the molecule is COCCN(C)CCNC1C2(C)CCC(C2)C1(C)C. The fourth-order valence-electron chi connectivity index (χ4n) is 4.57. The number of rotatable bonds is 7. The van der Waals surface area contributed by atoms with E-state index in [9.17, 15) is 0 Å². The number of nitrogens with zero attached hydrogens (tertiary/aromatic N) is 1. The molecule has 0 heterocycles. The van der Waals surface area contributed by atoms with Gasteiger partial charge in [-0.1, -0.05) is 20.8 Å². The van der Waals surface area contributed by atoms with Gasteiger partial charge in [0.25, 0.3) is 0 Å². The van der Waals surface area contributed by atoms with Crippen LogP contribution >= 0.6 is 0 Å². The lowest BCUT2D eigenvalue weighted by molar-refractivity contribution is 0.104. The number of methoxy groups -OCH3 is 1. The molecule has 0 saturated heterocycles. The van der Waals surface area contributed by atoms with E-state index in [1.54, 1.807) is 7.11 Å². The maximum absolute atomic E-state index is 5.12. The molecule has 3 atom stereocenters. The second-order valence-corrected chi connectivity index (χ2v) is 7.60. The van der Waals surface area contributed by atoms with Gasteiger partial charge in [0.2, 0.25) is 0 Å². The first-order chi connectivity index (χ1) is 8.90. The van der Waals surface area contributed by atoms with E-state index < -0.39 is 0 Å². The summed E-state index contributed by atoms with van der Waals surface area (Å²) in [5.74, 6) is 0.932. The van der Waals surface area contributed by atoms with Crippen molar-refractivity contribution in [1.29, 1.82) is 0 Å². The Morgan fingerprint density at radius 2 is 2.00 bits per heavy atom. The largest absolute Gasteiger partial charge is 0.383 e. The van der Waals surface area contributed by atoms with Crippen LogP contribution in [0.1, 0.15) is 40.0 Å². The number of hydrogen-bond acceptors (Lipinski definition) is 3. The number of hydrogen-bond donors (Lipinski definition) is 1. The molecule has 2 fully saturated rings. The van der Waals surface area contributed by atoms with Crippen molar-refractivity contribution in [2.75, 3.05) is 40.4 Å². The molecule has 2 aliphatic carbocycles. The summed E-state index contributed by atoms with van der Waals surface area (Å²) >= 11 is 0. The molecule has 3 heteroatoms. The van der Waals surface area contributed by atoms with Gasteiger partial charge >= 0.3 is 0 Å². The first kappa shape index (κ1) is 15.3. The summed E-state index contributed by atoms with van der Waals surface area (Å²) in [6, 6.07) is 0.689. The highest BCUT2D eigenvalue weighted by Crippen LogP contribution is 2.62. The van der Waals surface area contributed by atoms with Gasteiger partial charge in [-0.3, -0.25) is 0 Å². The van der Waals surface area contributed by atoms with Gasteiger partial charge < -0.3 is 15.0 Å². The fraction of sp³-hybridized carbons (Fsp3) is 1.00. The fourth-order valence-corrected chi connectivity index (χ4v) is 4.57. The molecule has 2 bridgehead atoms. The smallest absolute Gasteiger partial charge is 0.0589 e. The summed E-state index contributed by atoms with van der Waals surface area (Å²) in [7, 11) is 3.94. The highest BCUT2D eigenvalue weighted by molar-refractivity contribution is 5.11. The highest BCUT2D eigenvalue weighted by Gasteiger charge is 2.58. The molecule has 3 unspecified atom stereocenters. The van der Waals surface area contributed by atoms with E-state index in [1.165, 1.54) is 19.3 Å². The molecular weight excluding hydrogens is 236 g/mol. The van der Waals surface area contributed by atoms with Gasteiger partial charge in [-0.25, -0.2) is 0 Å². The summed E-state index contributed by atoms with van der Waals surface area (Å²) in [6.07, 6.45) is 4.28. The van der Waals surface area contributed by atoms with Gasteiger partial charge in [-0.05, 0) is 43.1 Å². The van der Waals surface area contributed by atoms with Crippen molar-refractivity contribution >= 4 is 0 Å². The van der Waals surface area contributed by atoms with Crippen LogP contribution in [0.2, 0.25) is 0 Å². The van der Waals surface area contributed by atoms with Crippen molar-refractivity contribution in [2.45, 2.75) is 46.1 Å². The number of ether oxygens (including phenoxy) is 1. The van der Waals surface area contributed by atoms with Crippen LogP contribution in [-0.4, -0.2) is 51.3 Å². The van der Waals surface area contributed by atoms with Crippen LogP contribution < -0.4 is 5.32 Å². The first-order valence-electron chi connectivity index (χ1n) is 7.81. The van der Waals surface area contributed by atoms with E-state index in [-0.39, 0.29) is 0 Å². The van der Waals surface area contributed by atoms with Crippen LogP contribution in [0.4, 0.5) is 0 Å². The molecule has 2 aliphatic rings. The summed E-state index contributed by atoms with van der Waals surface area (Å²) in [5.41, 5.74) is 1.01. The molecule has 0 spiro atoms. The second kappa shape index (κ2) is 5.71. The van der Waals surface area contributed by atoms with Gasteiger partial charge in [-0.2, -0.15) is 0 Å². The first-order valence-corrected chi connectivity index (χ1v) is 7.81. The predicted molar refractivity (Wildman–Crippen MR) is 80.4 cm³/mol. The van der Waals surface area contributed by atoms with Crippen LogP contribution in [0.15, 0.2) is 0 Å². The third-order valence-electron chi connectivity index (χ3n) is 5.79. The maximum Gasteiger partial charge on any atom is 0.0589 e. The Kier molecular flexibility index (Phi) is 4.59. The van der Waals surface area contributed by atoms with Crippen LogP contribution in [-0.2, 0) is 4.74 Å². The van der Waals surface area contributed by atoms with Crippen molar-refractivity contribution in [2.24, 2.45) is 16.7 Å². The maximum atomic E-state index is 5.12. The monoisotopic (exact) mass is 268 g/mol. The lowest BCUT2D eigenvalue weighted by atomic mass is 9.68. The average molecular weight is 268 g/mol. The Morgan fingerprint density at radius 1 is 1.26 bits per heavy atom. The molecule has 0 aromatic rings. The second-order valence-electron chi connectivity index (χ2n) is 7.60. The molecule has 0 aliphatic heterocycles. The standard InChI is InChI=1S/C16H32N2O/c1-15(2)13-6-7-16(3,12-13)14(15)17-8-9-18(4)10-11-19-5/h13-14,17H,6-12H2,1-5H3. The third kappa shape index (κ3) is 2.98. The van der Waals surface area contributed by atoms with E-state index in [0.29, 0.717) is 16.9 Å². The molecule has 19 heavy (non-hydrogen) atoms. The Bertz CT molecular complexity index is 300. The number of nitrogens with one attached hydrogen (secondary N) is 1. The van der Waals surface area contributed by atoms with E-state index in [2.05, 4.69) is 38.0 Å². The Morgan fingerprint density at radius 3 is 2.58 bits per heavy atom. The topological polar surface area (TPSA) is 24.5 Å². The van der Waals surface area contributed by atoms with E-state index >= 15 is 0 Å². The molecule has 0 amide bonds. The molecule has 0 aromatic heterocycles.